The molecule has 2 nitrogen and oxygen atoms in total. The minimum Gasteiger partial charge on any atom is -0.520 e. The van der Waals surface area contributed by atoms with E-state index in [2.05, 4.69) is 9.31 Å². The van der Waals surface area contributed by atoms with Crippen LogP contribution in [-0.2, 0) is 0 Å². The van der Waals surface area contributed by atoms with Crippen molar-refractivity contribution in [2.75, 3.05) is 0 Å². The van der Waals surface area contributed by atoms with Crippen molar-refractivity contribution < 1.29 is 75.2 Å². The maximum absolute atomic E-state index is 14.6. The van der Waals surface area contributed by atoms with Gasteiger partial charge in [0, 0.05) is 0 Å². The largest absolute Gasteiger partial charge is 0.628 e. The van der Waals surface area contributed by atoms with E-state index in [0.29, 0.717) is 0 Å². The van der Waals surface area contributed by atoms with Gasteiger partial charge in [0.05, 0.1) is 0 Å². The van der Waals surface area contributed by atoms with Crippen LogP contribution in [0.25, 0.3) is 0 Å². The van der Waals surface area contributed by atoms with Crippen LogP contribution in [0.3, 0.4) is 0 Å². The molecule has 0 N–H and O–H groups in total. The Balaban J connectivity index is 2.32. The Hall–Kier alpha value is -3.18. The van der Waals surface area contributed by atoms with Crippen LogP contribution in [0.2, 0.25) is 0 Å². The molecule has 3 rings (SSSR count). The van der Waals surface area contributed by atoms with Gasteiger partial charge in [-0.05, 0) is 0 Å². The van der Waals surface area contributed by atoms with Gasteiger partial charge in [-0.2, -0.15) is 17.6 Å². The van der Waals surface area contributed by atoms with Gasteiger partial charge in [0.2, 0.25) is 58.2 Å². The molecule has 37 heavy (non-hydrogen) atoms. The van der Waals surface area contributed by atoms with Crippen LogP contribution in [-0.4, -0.2) is 18.1 Å². The Morgan fingerprint density at radius 2 is 0.811 bits per heavy atom. The molecule has 0 aromatic heterocycles. The monoisotopic (exact) mass is 580 g/mol. The summed E-state index contributed by atoms with van der Waals surface area (Å²) in [5.74, 6) is -46.2. The fourth-order valence-electron chi connectivity index (χ4n) is 2.79. The highest BCUT2D eigenvalue weighted by Gasteiger charge is 2.65. The van der Waals surface area contributed by atoms with Crippen LogP contribution in [0.15, 0.2) is 23.3 Å². The molecule has 0 fully saturated rings. The quantitative estimate of drug-likeness (QED) is 0.123. The second-order valence-electron chi connectivity index (χ2n) is 6.79. The molecule has 1 aliphatic carbocycles. The van der Waals surface area contributed by atoms with E-state index in [9.17, 15) is 65.9 Å². The molecule has 0 aliphatic heterocycles. The zero-order valence-electron chi connectivity index (χ0n) is 16.5. The number of allylic oxidation sites excluding steroid dienone is 4. The van der Waals surface area contributed by atoms with Crippen molar-refractivity contribution in [3.05, 3.63) is 81.5 Å². The Kier molecular flexibility index (Phi) is 7.37. The van der Waals surface area contributed by atoms with Crippen molar-refractivity contribution in [2.24, 2.45) is 0 Å². The summed E-state index contributed by atoms with van der Waals surface area (Å²) in [6, 6.07) is 0. The van der Waals surface area contributed by atoms with E-state index < -0.39 is 111 Å². The molecule has 1 aliphatic rings. The first-order valence-electron chi connectivity index (χ1n) is 8.80. The van der Waals surface area contributed by atoms with Crippen LogP contribution in [0.5, 0.6) is 11.5 Å². The van der Waals surface area contributed by atoms with E-state index in [0.717, 1.165) is 0 Å². The van der Waals surface area contributed by atoms with Gasteiger partial charge >= 0.3 is 7.12 Å². The van der Waals surface area contributed by atoms with Crippen molar-refractivity contribution >= 4 is 18.7 Å². The Labute approximate surface area is 198 Å². The molecule has 0 amide bonds. The van der Waals surface area contributed by atoms with Gasteiger partial charge in [0.15, 0.2) is 45.8 Å². The van der Waals surface area contributed by atoms with Crippen molar-refractivity contribution in [1.82, 2.24) is 0 Å². The average Bonchev–Trinajstić information content (AvgIpc) is 2.88. The highest BCUT2D eigenvalue weighted by atomic mass is 35.5. The second-order valence-corrected chi connectivity index (χ2v) is 7.41. The van der Waals surface area contributed by atoms with Crippen LogP contribution in [0, 0.1) is 58.2 Å². The lowest BCUT2D eigenvalue weighted by atomic mass is 9.64. The van der Waals surface area contributed by atoms with Crippen molar-refractivity contribution in [2.45, 2.75) is 10.9 Å². The highest BCUT2D eigenvalue weighted by molar-refractivity contribution is 6.65. The first-order valence-corrected chi connectivity index (χ1v) is 9.18. The third-order valence-electron chi connectivity index (χ3n) is 4.65. The molecule has 2 aromatic rings. The van der Waals surface area contributed by atoms with Gasteiger partial charge in [-0.25, -0.2) is 48.3 Å². The molecular weight excluding hydrogens is 579 g/mol. The van der Waals surface area contributed by atoms with E-state index >= 15 is 0 Å². The first kappa shape index (κ1) is 28.4. The van der Waals surface area contributed by atoms with E-state index in [1.807, 2.05) is 0 Å². The maximum Gasteiger partial charge on any atom is 0.628 e. The number of hydrogen-bond acceptors (Lipinski definition) is 2. The van der Waals surface area contributed by atoms with E-state index in [1.54, 1.807) is 0 Å². The highest BCUT2D eigenvalue weighted by Crippen LogP contribution is 2.48. The molecule has 0 radical (unpaired) electrons. The molecule has 0 bridgehead atoms. The van der Waals surface area contributed by atoms with Crippen LogP contribution < -0.4 is 9.31 Å². The third-order valence-corrected chi connectivity index (χ3v) is 5.19. The third kappa shape index (κ3) is 4.14. The number of rotatable bonds is 5. The predicted molar refractivity (Wildman–Crippen MR) is 91.4 cm³/mol. The molecule has 200 valence electrons. The topological polar surface area (TPSA) is 18.5 Å². The zero-order valence-corrected chi connectivity index (χ0v) is 17.3. The minimum absolute atomic E-state index is 2.62. The van der Waals surface area contributed by atoms with Gasteiger partial charge in [0.25, 0.3) is 0 Å². The van der Waals surface area contributed by atoms with Gasteiger partial charge in [0.1, 0.15) is 0 Å². The van der Waals surface area contributed by atoms with Crippen LogP contribution in [0.1, 0.15) is 0 Å². The van der Waals surface area contributed by atoms with E-state index in [1.165, 1.54) is 0 Å². The van der Waals surface area contributed by atoms with E-state index in [-0.39, 0.29) is 0 Å². The average molecular weight is 580 g/mol. The lowest BCUT2D eigenvalue weighted by molar-refractivity contribution is 0.227. The fourth-order valence-corrected chi connectivity index (χ4v) is 3.05. The fraction of sp³-hybridized carbons (Fsp3) is 0.111. The number of benzene rings is 2. The van der Waals surface area contributed by atoms with Crippen molar-refractivity contribution in [3.8, 4) is 11.5 Å². The van der Waals surface area contributed by atoms with Gasteiger partial charge in [-0.3, -0.25) is 0 Å². The molecule has 0 heterocycles. The van der Waals surface area contributed by atoms with Crippen LogP contribution >= 0.6 is 11.6 Å². The smallest absolute Gasteiger partial charge is 0.520 e. The number of alkyl halides is 2. The summed E-state index contributed by atoms with van der Waals surface area (Å²) < 4.78 is 211. The van der Waals surface area contributed by atoms with Gasteiger partial charge in [-0.15, -0.1) is 11.6 Å². The molecule has 2 atom stereocenters. The first-order chi connectivity index (χ1) is 17.0. The summed E-state index contributed by atoms with van der Waals surface area (Å²) >= 11 is 5.38. The zero-order chi connectivity index (χ0) is 28.3. The number of hydrogen-bond donors (Lipinski definition) is 0. The summed E-state index contributed by atoms with van der Waals surface area (Å²) in [5, 5.41) is 0. The normalized spacial score (nSPS) is 20.1. The van der Waals surface area contributed by atoms with Gasteiger partial charge < -0.3 is 9.31 Å². The molecule has 0 saturated carbocycles. The molecule has 19 heteroatoms. The summed E-state index contributed by atoms with van der Waals surface area (Å²) in [7, 11) is -3.99. The molecule has 2 unspecified atom stereocenters. The minimum atomic E-state index is -4.54. The summed E-state index contributed by atoms with van der Waals surface area (Å²) in [4.78, 5) is 0. The summed E-state index contributed by atoms with van der Waals surface area (Å²) in [5.41, 5.74) is 0. The SMILES string of the molecule is FC1=C(F)C(F)C(Cl)(B(Oc2c(F)c(F)c(F)c(F)c2F)Oc2c(F)c(F)c(F)c(F)c2F)C(F)=C1F. The van der Waals surface area contributed by atoms with Crippen molar-refractivity contribution in [3.63, 3.8) is 0 Å². The lowest BCUT2D eigenvalue weighted by Gasteiger charge is -2.34. The lowest BCUT2D eigenvalue weighted by Crippen LogP contribution is -2.58. The molecule has 2 aromatic carbocycles. The second kappa shape index (κ2) is 9.61. The standard InChI is InChI=1S/C18HBClF15O2/c20-18(16(34)12(32)7(27)13(33)17(18)35)19(36-14-8(28)3(23)1(21)4(24)9(14)29)37-15-10(30)5(25)2(22)6(26)11(15)31/h16H. The van der Waals surface area contributed by atoms with Gasteiger partial charge in [-0.1, -0.05) is 0 Å². The Bertz CT molecular complexity index is 1250. The van der Waals surface area contributed by atoms with Crippen LogP contribution in [0.4, 0.5) is 65.9 Å². The van der Waals surface area contributed by atoms with Crippen molar-refractivity contribution in [1.29, 1.82) is 0 Å². The Morgan fingerprint density at radius 1 is 0.514 bits per heavy atom. The summed E-state index contributed by atoms with van der Waals surface area (Å²) in [6.07, 6.45) is -4.14. The Morgan fingerprint density at radius 3 is 1.14 bits per heavy atom. The molecule has 0 saturated heterocycles. The summed E-state index contributed by atoms with van der Waals surface area (Å²) in [6.45, 7) is 0. The molecule has 0 spiro atoms. The van der Waals surface area contributed by atoms with E-state index in [4.69, 9.17) is 11.6 Å². The molecular formula is C18HBClF15O2. The maximum atomic E-state index is 14.6. The number of halogens is 16. The predicted octanol–water partition coefficient (Wildman–Crippen LogP) is 7.19.